The number of amides is 3. The summed E-state index contributed by atoms with van der Waals surface area (Å²) in [5, 5.41) is 6.73. The Bertz CT molecular complexity index is 1710. The van der Waals surface area contributed by atoms with E-state index >= 15 is 0 Å². The van der Waals surface area contributed by atoms with Crippen LogP contribution in [0.5, 0.6) is 5.75 Å². The van der Waals surface area contributed by atoms with Gasteiger partial charge in [-0.1, -0.05) is 12.1 Å². The van der Waals surface area contributed by atoms with Gasteiger partial charge < -0.3 is 15.0 Å². The van der Waals surface area contributed by atoms with E-state index in [0.29, 0.717) is 5.75 Å². The molecule has 3 aromatic rings. The number of carbonyl (C=O) groups is 3. The van der Waals surface area contributed by atoms with E-state index in [0.717, 1.165) is 83.5 Å². The number of urea groups is 1. The lowest BCUT2D eigenvalue weighted by Gasteiger charge is -2.38. The molecule has 2 heterocycles. The Morgan fingerprint density at radius 1 is 1.02 bits per heavy atom. The van der Waals surface area contributed by atoms with Gasteiger partial charge >= 0.3 is 6.03 Å². The maximum Gasteiger partial charge on any atom is 0.333 e. The van der Waals surface area contributed by atoms with E-state index in [9.17, 15) is 22.8 Å². The predicted molar refractivity (Wildman–Crippen MR) is 154 cm³/mol. The molecule has 220 valence electrons. The Labute approximate surface area is 244 Å². The summed E-state index contributed by atoms with van der Waals surface area (Å²) < 4.78 is 34.4. The van der Waals surface area contributed by atoms with Gasteiger partial charge in [0.25, 0.3) is 15.9 Å². The van der Waals surface area contributed by atoms with Crippen LogP contribution < -0.4 is 14.8 Å². The Morgan fingerprint density at radius 2 is 1.71 bits per heavy atom. The van der Waals surface area contributed by atoms with Crippen LogP contribution in [-0.2, 0) is 52.5 Å². The smallest absolute Gasteiger partial charge is 0.333 e. The highest BCUT2D eigenvalue weighted by atomic mass is 32.2. The molecular weight excluding hydrogens is 558 g/mol. The fourth-order valence-corrected chi connectivity index (χ4v) is 7.30. The number of aromatic nitrogens is 2. The van der Waals surface area contributed by atoms with Crippen LogP contribution in [-0.4, -0.2) is 54.6 Å². The van der Waals surface area contributed by atoms with Gasteiger partial charge in [-0.2, -0.15) is 5.10 Å². The van der Waals surface area contributed by atoms with Crippen molar-refractivity contribution in [1.29, 1.82) is 0 Å². The molecule has 2 N–H and O–H groups in total. The average molecular weight is 592 g/mol. The van der Waals surface area contributed by atoms with Crippen molar-refractivity contribution in [2.75, 3.05) is 19.0 Å². The number of anilines is 1. The van der Waals surface area contributed by atoms with Crippen LogP contribution in [0.2, 0.25) is 0 Å². The molecule has 6 rings (SSSR count). The summed E-state index contributed by atoms with van der Waals surface area (Å²) in [6.45, 7) is 3.48. The van der Waals surface area contributed by atoms with Crippen molar-refractivity contribution < 1.29 is 27.5 Å². The third-order valence-corrected chi connectivity index (χ3v) is 9.84. The predicted octanol–water partition coefficient (Wildman–Crippen LogP) is 3.34. The Morgan fingerprint density at radius 3 is 2.38 bits per heavy atom. The van der Waals surface area contributed by atoms with E-state index in [1.54, 1.807) is 27.0 Å². The van der Waals surface area contributed by atoms with E-state index in [1.807, 2.05) is 12.1 Å². The highest BCUT2D eigenvalue weighted by molar-refractivity contribution is 7.90. The summed E-state index contributed by atoms with van der Waals surface area (Å²) in [5.41, 5.74) is 6.17. The number of ether oxygens (including phenoxy) is 1. The molecule has 1 aliphatic heterocycles. The van der Waals surface area contributed by atoms with Gasteiger partial charge in [-0.15, -0.1) is 0 Å². The number of hydrogen-bond donors (Lipinski definition) is 2. The van der Waals surface area contributed by atoms with Crippen LogP contribution in [0.4, 0.5) is 10.5 Å². The highest BCUT2D eigenvalue weighted by Crippen LogP contribution is 2.39. The minimum atomic E-state index is -4.32. The number of fused-ring (bicyclic) bond motifs is 3. The zero-order chi connectivity index (χ0) is 29.8. The van der Waals surface area contributed by atoms with E-state index in [4.69, 9.17) is 4.74 Å². The minimum Gasteiger partial charge on any atom is -0.497 e. The highest BCUT2D eigenvalue weighted by Gasteiger charge is 2.41. The van der Waals surface area contributed by atoms with Crippen LogP contribution in [0.25, 0.3) is 0 Å². The van der Waals surface area contributed by atoms with Crippen molar-refractivity contribution in [3.63, 3.8) is 0 Å². The number of methoxy groups -OCH3 is 1. The molecule has 3 amide bonds. The third kappa shape index (κ3) is 4.83. The van der Waals surface area contributed by atoms with E-state index in [-0.39, 0.29) is 23.9 Å². The van der Waals surface area contributed by atoms with Crippen LogP contribution in [0.1, 0.15) is 64.9 Å². The molecule has 0 saturated carbocycles. The molecule has 0 bridgehead atoms. The summed E-state index contributed by atoms with van der Waals surface area (Å²) in [7, 11) is -2.76. The normalized spacial score (nSPS) is 16.9. The molecular formula is C30H33N5O6S. The molecule has 42 heavy (non-hydrogen) atoms. The van der Waals surface area contributed by atoms with Gasteiger partial charge in [-0.05, 0) is 97.9 Å². The van der Waals surface area contributed by atoms with Crippen molar-refractivity contribution in [1.82, 2.24) is 19.4 Å². The molecule has 0 radical (unpaired) electrons. The molecule has 0 fully saturated rings. The summed E-state index contributed by atoms with van der Waals surface area (Å²) in [6, 6.07) is 6.86. The van der Waals surface area contributed by atoms with Crippen LogP contribution in [0.3, 0.4) is 0 Å². The largest absolute Gasteiger partial charge is 0.497 e. The number of nitrogens with one attached hydrogen (secondary N) is 2. The Hall–Kier alpha value is -4.19. The van der Waals surface area contributed by atoms with Gasteiger partial charge in [0.05, 0.1) is 24.9 Å². The first kappa shape index (κ1) is 28.0. The number of sulfonamides is 1. The molecule has 0 unspecified atom stereocenters. The second kappa shape index (κ2) is 10.3. The number of rotatable bonds is 6. The maximum atomic E-state index is 13.3. The summed E-state index contributed by atoms with van der Waals surface area (Å²) in [4.78, 5) is 40.4. The second-order valence-corrected chi connectivity index (χ2v) is 13.3. The first-order valence-electron chi connectivity index (χ1n) is 14.0. The minimum absolute atomic E-state index is 0.196. The van der Waals surface area contributed by atoms with Crippen molar-refractivity contribution in [2.45, 2.75) is 69.2 Å². The number of nitrogens with zero attached hydrogens (tertiary/aromatic N) is 3. The summed E-state index contributed by atoms with van der Waals surface area (Å²) in [5.74, 6) is -0.178. The first-order chi connectivity index (χ1) is 20.0. The molecule has 2 aliphatic carbocycles. The van der Waals surface area contributed by atoms with Gasteiger partial charge in [0.1, 0.15) is 17.2 Å². The number of hydrogen-bond acceptors (Lipinski definition) is 7. The SMILES string of the molecule is COc1ccc2c(c1)CN(CC(=O)n1cc(S(=O)(=O)NC(=O)Nc3c4c(cc5c3CCC5)CCC4)cn1)C(=O)C2(C)C. The standard InChI is InChI=1S/C30H33N5O6S/c1-30(2)25-11-10-21(41-3)13-20(25)15-34(28(30)37)17-26(36)35-16-22(14-31-35)42(39,40)33-29(38)32-27-23-8-4-6-18(23)12-19-7-5-9-24(19)27/h10-14,16H,4-9,15,17H2,1-3H3,(H2,32,33,38). The van der Waals surface area contributed by atoms with Crippen molar-refractivity contribution >= 4 is 33.6 Å². The van der Waals surface area contributed by atoms with Crippen molar-refractivity contribution in [2.24, 2.45) is 0 Å². The molecule has 12 heteroatoms. The van der Waals surface area contributed by atoms with E-state index in [2.05, 4.69) is 21.2 Å². The zero-order valence-corrected chi connectivity index (χ0v) is 24.6. The van der Waals surface area contributed by atoms with Crippen molar-refractivity contribution in [3.8, 4) is 5.75 Å². The lowest BCUT2D eigenvalue weighted by atomic mass is 9.77. The molecule has 2 aromatic carbocycles. The van der Waals surface area contributed by atoms with Gasteiger partial charge in [-0.25, -0.2) is 22.6 Å². The molecule has 0 atom stereocenters. The molecule has 11 nitrogen and oxygen atoms in total. The second-order valence-electron chi connectivity index (χ2n) is 11.6. The van der Waals surface area contributed by atoms with Crippen LogP contribution >= 0.6 is 0 Å². The fraction of sp³-hybridized carbons (Fsp3) is 0.400. The van der Waals surface area contributed by atoms with Crippen molar-refractivity contribution in [3.05, 3.63) is 70.0 Å². The Balaban J connectivity index is 1.15. The molecule has 1 aromatic heterocycles. The van der Waals surface area contributed by atoms with E-state index in [1.165, 1.54) is 16.0 Å². The van der Waals surface area contributed by atoms with Gasteiger partial charge in [-0.3, -0.25) is 9.59 Å². The monoisotopic (exact) mass is 591 g/mol. The van der Waals surface area contributed by atoms with Gasteiger partial charge in [0.2, 0.25) is 5.91 Å². The number of aryl methyl sites for hydroxylation is 2. The number of benzene rings is 2. The van der Waals surface area contributed by atoms with Crippen LogP contribution in [0, 0.1) is 0 Å². The van der Waals surface area contributed by atoms with E-state index < -0.39 is 27.4 Å². The quantitative estimate of drug-likeness (QED) is 0.448. The molecule has 0 spiro atoms. The molecule has 0 saturated heterocycles. The van der Waals surface area contributed by atoms with Crippen LogP contribution in [0.15, 0.2) is 41.6 Å². The summed E-state index contributed by atoms with van der Waals surface area (Å²) in [6.07, 6.45) is 7.64. The average Bonchev–Trinajstić information content (AvgIpc) is 3.72. The summed E-state index contributed by atoms with van der Waals surface area (Å²) >= 11 is 0. The zero-order valence-electron chi connectivity index (χ0n) is 23.8. The maximum absolute atomic E-state index is 13.3. The number of carbonyl (C=O) groups excluding carboxylic acids is 3. The third-order valence-electron chi connectivity index (χ3n) is 8.56. The first-order valence-corrected chi connectivity index (χ1v) is 15.5. The van der Waals surface area contributed by atoms with Gasteiger partial charge in [0, 0.05) is 12.2 Å². The lowest BCUT2D eigenvalue weighted by Crippen LogP contribution is -2.50. The topological polar surface area (TPSA) is 140 Å². The lowest BCUT2D eigenvalue weighted by molar-refractivity contribution is -0.137. The Kier molecular flexibility index (Phi) is 6.83. The van der Waals surface area contributed by atoms with Gasteiger partial charge in [0.15, 0.2) is 0 Å². The fourth-order valence-electron chi connectivity index (χ4n) is 6.46. The molecule has 3 aliphatic rings.